The molecule has 1 fully saturated rings. The number of ether oxygens (including phenoxy) is 1. The van der Waals surface area contributed by atoms with Gasteiger partial charge in [0.15, 0.2) is 5.75 Å². The summed E-state index contributed by atoms with van der Waals surface area (Å²) in [6.45, 7) is -0.360. The molecule has 3 aromatic rings. The molecule has 36 heavy (non-hydrogen) atoms. The lowest BCUT2D eigenvalue weighted by Crippen LogP contribution is -2.19. The van der Waals surface area contributed by atoms with Crippen LogP contribution >= 0.6 is 7.82 Å². The van der Waals surface area contributed by atoms with E-state index in [0.717, 1.165) is 24.0 Å². The third kappa shape index (κ3) is 5.48. The number of halogens is 2. The number of hydrogen-bond acceptors (Lipinski definition) is 5. The van der Waals surface area contributed by atoms with Crippen molar-refractivity contribution < 1.29 is 42.7 Å². The van der Waals surface area contributed by atoms with Crippen molar-refractivity contribution >= 4 is 24.7 Å². The molecule has 2 aromatic carbocycles. The second kappa shape index (κ2) is 9.72. The van der Waals surface area contributed by atoms with E-state index in [1.165, 1.54) is 12.3 Å². The summed E-state index contributed by atoms with van der Waals surface area (Å²) in [6, 6.07) is 8.98. The molecule has 1 aromatic heterocycles. The van der Waals surface area contributed by atoms with Gasteiger partial charge < -0.3 is 34.4 Å². The van der Waals surface area contributed by atoms with Gasteiger partial charge >= 0.3 is 20.4 Å². The summed E-state index contributed by atoms with van der Waals surface area (Å²) >= 11 is 0. The number of nitrogens with zero attached hydrogens (tertiary/aromatic N) is 1. The highest BCUT2D eigenvalue weighted by Gasteiger charge is 2.30. The van der Waals surface area contributed by atoms with Crippen LogP contribution < -0.4 is 15.5 Å². The molecule has 10 nitrogen and oxygen atoms in total. The normalized spacial score (nSPS) is 17.0. The van der Waals surface area contributed by atoms with E-state index < -0.39 is 25.8 Å². The summed E-state index contributed by atoms with van der Waals surface area (Å²) in [5.74, 6) is -1.45. The van der Waals surface area contributed by atoms with E-state index in [1.54, 1.807) is 10.6 Å². The highest BCUT2D eigenvalue weighted by molar-refractivity contribution is 7.45. The zero-order valence-electron chi connectivity index (χ0n) is 18.9. The second-order valence-corrected chi connectivity index (χ2v) is 9.59. The van der Waals surface area contributed by atoms with Gasteiger partial charge in [0.25, 0.3) is 0 Å². The van der Waals surface area contributed by atoms with Crippen molar-refractivity contribution in [3.63, 3.8) is 0 Å². The maximum atomic E-state index is 13.5. The Morgan fingerprint density at radius 3 is 2.44 bits per heavy atom. The molecule has 0 bridgehead atoms. The Balaban J connectivity index is 0.000000556. The number of fused-ring (bicyclic) bond motifs is 2. The number of aromatic carboxylic acids is 1. The van der Waals surface area contributed by atoms with E-state index in [9.17, 15) is 23.5 Å². The quantitative estimate of drug-likeness (QED) is 0.315. The molecular weight excluding hydrogens is 501 g/mol. The van der Waals surface area contributed by atoms with Gasteiger partial charge in [0.2, 0.25) is 5.43 Å². The van der Waals surface area contributed by atoms with Crippen LogP contribution in [-0.2, 0) is 11.1 Å². The van der Waals surface area contributed by atoms with E-state index in [-0.39, 0.29) is 34.3 Å². The summed E-state index contributed by atoms with van der Waals surface area (Å²) in [5.41, 5.74) is 2.49. The number of hydrogen-bond donors (Lipinski definition) is 5. The number of carbonyl (C=O) groups is 1. The molecule has 0 spiro atoms. The Hall–Kier alpha value is -3.15. The largest absolute Gasteiger partial charge is 0.477 e. The number of benzene rings is 2. The Bertz CT molecular complexity index is 1440. The van der Waals surface area contributed by atoms with Crippen LogP contribution in [0.2, 0.25) is 0 Å². The van der Waals surface area contributed by atoms with Gasteiger partial charge in [-0.05, 0) is 54.7 Å². The van der Waals surface area contributed by atoms with E-state index in [1.807, 2.05) is 18.2 Å². The predicted octanol–water partition coefficient (Wildman–Crippen LogP) is 3.54. The van der Waals surface area contributed by atoms with Crippen LogP contribution in [0.25, 0.3) is 22.0 Å². The van der Waals surface area contributed by atoms with Crippen LogP contribution in [0.4, 0.5) is 8.78 Å². The first kappa shape index (κ1) is 25.9. The number of pyridine rings is 1. The number of carboxylic acid groups (broad SMARTS) is 1. The Morgan fingerprint density at radius 2 is 1.86 bits per heavy atom. The fourth-order valence-corrected chi connectivity index (χ4v) is 4.37. The standard InChI is InChI=1S/C23H20F2N2O4.H3O4P/c1-11-15-5-2-12(8-13(15)9-26-11)16-6-7-17-19(21(16)31-23(24)25)27(14-3-4-14)10-18(20(17)28)22(29)30;1-5(2,3)4/h2,5-8,10-11,14,23,26H,3-4,9H2,1H3,(H,29,30);(H3,1,2,3,4)/t11-;/m1./s1. The van der Waals surface area contributed by atoms with Gasteiger partial charge in [-0.15, -0.1) is 0 Å². The first-order chi connectivity index (χ1) is 16.8. The molecule has 5 N–H and O–H groups in total. The number of rotatable bonds is 5. The smallest absolute Gasteiger partial charge is 0.466 e. The maximum absolute atomic E-state index is 13.5. The topological polar surface area (TPSA) is 158 Å². The first-order valence-corrected chi connectivity index (χ1v) is 12.5. The van der Waals surface area contributed by atoms with Crippen molar-refractivity contribution in [2.24, 2.45) is 0 Å². The number of alkyl halides is 2. The molecule has 1 aliphatic carbocycles. The summed E-state index contributed by atoms with van der Waals surface area (Å²) in [4.78, 5) is 45.9. The third-order valence-electron chi connectivity index (χ3n) is 6.04. The molecule has 2 heterocycles. The predicted molar refractivity (Wildman–Crippen MR) is 125 cm³/mol. The number of phosphoric acid groups is 1. The van der Waals surface area contributed by atoms with Crippen molar-refractivity contribution in [2.75, 3.05) is 0 Å². The lowest BCUT2D eigenvalue weighted by molar-refractivity contribution is -0.0486. The summed E-state index contributed by atoms with van der Waals surface area (Å²) in [5, 5.41) is 12.8. The molecular formula is C23H23F2N2O8P. The fraction of sp³-hybridized carbons (Fsp3) is 0.304. The van der Waals surface area contributed by atoms with Crippen LogP contribution in [0.5, 0.6) is 5.75 Å². The average molecular weight is 524 g/mol. The lowest BCUT2D eigenvalue weighted by Gasteiger charge is -2.19. The minimum absolute atomic E-state index is 0.0541. The molecule has 0 radical (unpaired) electrons. The molecule has 13 heteroatoms. The number of nitrogens with one attached hydrogen (secondary N) is 1. The Morgan fingerprint density at radius 1 is 1.19 bits per heavy atom. The number of aromatic nitrogens is 1. The van der Waals surface area contributed by atoms with Gasteiger partial charge in [0.1, 0.15) is 5.56 Å². The van der Waals surface area contributed by atoms with Gasteiger partial charge in [-0.25, -0.2) is 9.36 Å². The van der Waals surface area contributed by atoms with Crippen LogP contribution in [0.15, 0.2) is 41.3 Å². The molecule has 1 atom stereocenters. The molecule has 5 rings (SSSR count). The van der Waals surface area contributed by atoms with Crippen molar-refractivity contribution in [3.8, 4) is 16.9 Å². The van der Waals surface area contributed by atoms with E-state index in [4.69, 9.17) is 24.0 Å². The summed E-state index contributed by atoms with van der Waals surface area (Å²) in [7, 11) is -4.64. The molecule has 1 saturated carbocycles. The Labute approximate surface area is 203 Å². The molecule has 0 unspecified atom stereocenters. The van der Waals surface area contributed by atoms with E-state index in [2.05, 4.69) is 12.2 Å². The SMILES string of the molecule is C[C@H]1NCc2cc(-c3ccc4c(=O)c(C(=O)O)cn(C5CC5)c4c3OC(F)F)ccc21.O=P(O)(O)O. The van der Waals surface area contributed by atoms with Gasteiger partial charge in [0, 0.05) is 30.4 Å². The van der Waals surface area contributed by atoms with Crippen molar-refractivity contribution in [2.45, 2.75) is 45.0 Å². The molecule has 2 aliphatic rings. The number of carboxylic acids is 1. The highest BCUT2D eigenvalue weighted by Crippen LogP contribution is 2.43. The zero-order valence-corrected chi connectivity index (χ0v) is 19.8. The summed E-state index contributed by atoms with van der Waals surface area (Å²) in [6.07, 6.45) is 2.80. The molecule has 0 amide bonds. The van der Waals surface area contributed by atoms with Gasteiger partial charge in [-0.2, -0.15) is 8.78 Å². The third-order valence-corrected chi connectivity index (χ3v) is 6.04. The van der Waals surface area contributed by atoms with E-state index >= 15 is 0 Å². The van der Waals surface area contributed by atoms with Gasteiger partial charge in [-0.1, -0.05) is 12.1 Å². The zero-order chi connectivity index (χ0) is 26.4. The van der Waals surface area contributed by atoms with Gasteiger partial charge in [-0.3, -0.25) is 4.79 Å². The van der Waals surface area contributed by atoms with Crippen LogP contribution in [0.1, 0.15) is 53.3 Å². The van der Waals surface area contributed by atoms with Crippen molar-refractivity contribution in [1.29, 1.82) is 0 Å². The van der Waals surface area contributed by atoms with Crippen LogP contribution in [0, 0.1) is 0 Å². The van der Waals surface area contributed by atoms with E-state index in [0.29, 0.717) is 17.7 Å². The van der Waals surface area contributed by atoms with Crippen molar-refractivity contribution in [1.82, 2.24) is 9.88 Å². The highest BCUT2D eigenvalue weighted by atomic mass is 31.2. The van der Waals surface area contributed by atoms with Crippen LogP contribution in [0.3, 0.4) is 0 Å². The van der Waals surface area contributed by atoms with Gasteiger partial charge in [0.05, 0.1) is 10.9 Å². The minimum Gasteiger partial charge on any atom is -0.477 e. The monoisotopic (exact) mass is 524 g/mol. The first-order valence-electron chi connectivity index (χ1n) is 10.9. The lowest BCUT2D eigenvalue weighted by atomic mass is 9.96. The average Bonchev–Trinajstić information content (AvgIpc) is 3.55. The fourth-order valence-electron chi connectivity index (χ4n) is 4.37. The molecule has 192 valence electrons. The Kier molecular flexibility index (Phi) is 7.00. The maximum Gasteiger partial charge on any atom is 0.466 e. The summed E-state index contributed by atoms with van der Waals surface area (Å²) < 4.78 is 42.4. The minimum atomic E-state index is -4.64. The molecule has 0 saturated heterocycles. The molecule has 1 aliphatic heterocycles. The second-order valence-electron chi connectivity index (χ2n) is 8.56. The van der Waals surface area contributed by atoms with Crippen molar-refractivity contribution in [3.05, 3.63) is 63.4 Å². The van der Waals surface area contributed by atoms with Crippen LogP contribution in [-0.4, -0.2) is 36.9 Å².